The van der Waals surface area contributed by atoms with Gasteiger partial charge in [-0.3, -0.25) is 0 Å². The zero-order valence-corrected chi connectivity index (χ0v) is 17.6. The van der Waals surface area contributed by atoms with Crippen molar-refractivity contribution in [1.82, 2.24) is 0 Å². The molecule has 0 saturated carbocycles. The summed E-state index contributed by atoms with van der Waals surface area (Å²) in [6.45, 7) is 1.24. The highest BCUT2D eigenvalue weighted by Gasteiger charge is 2.11. The predicted molar refractivity (Wildman–Crippen MR) is 117 cm³/mol. The summed E-state index contributed by atoms with van der Waals surface area (Å²) in [5.74, 6) is -0.0371. The molecular weight excluding hydrogens is 398 g/mol. The summed E-state index contributed by atoms with van der Waals surface area (Å²) in [6, 6.07) is 11.6. The van der Waals surface area contributed by atoms with Crippen molar-refractivity contribution >= 4 is 17.3 Å². The quantitative estimate of drug-likeness (QED) is 0.127. The summed E-state index contributed by atoms with van der Waals surface area (Å²) >= 11 is 0. The summed E-state index contributed by atoms with van der Waals surface area (Å²) < 4.78 is 10.4. The first-order valence-corrected chi connectivity index (χ1v) is 10.2. The van der Waals surface area contributed by atoms with E-state index in [1.54, 1.807) is 18.2 Å². The monoisotopic (exact) mass is 425 g/mol. The molecular formula is C22H27N5O4. The van der Waals surface area contributed by atoms with E-state index < -0.39 is 5.97 Å². The molecule has 31 heavy (non-hydrogen) atoms. The van der Waals surface area contributed by atoms with Crippen molar-refractivity contribution in [3.05, 3.63) is 58.5 Å². The van der Waals surface area contributed by atoms with Crippen LogP contribution in [0.2, 0.25) is 0 Å². The van der Waals surface area contributed by atoms with Crippen LogP contribution in [0.25, 0.3) is 10.4 Å². The highest BCUT2D eigenvalue weighted by Crippen LogP contribution is 2.26. The van der Waals surface area contributed by atoms with Crippen LogP contribution in [0.15, 0.2) is 57.8 Å². The third-order valence-corrected chi connectivity index (χ3v) is 4.49. The maximum absolute atomic E-state index is 11.6. The van der Waals surface area contributed by atoms with E-state index in [-0.39, 0.29) is 11.3 Å². The van der Waals surface area contributed by atoms with Gasteiger partial charge >= 0.3 is 5.97 Å². The number of nitrogens with zero attached hydrogens (tertiary/aromatic N) is 5. The van der Waals surface area contributed by atoms with Gasteiger partial charge in [-0.15, -0.1) is 0 Å². The molecule has 0 unspecified atom stereocenters. The van der Waals surface area contributed by atoms with Gasteiger partial charge in [-0.25, -0.2) is 4.79 Å². The molecule has 0 aliphatic rings. The van der Waals surface area contributed by atoms with E-state index in [2.05, 4.69) is 25.0 Å². The highest BCUT2D eigenvalue weighted by atomic mass is 16.5. The summed E-state index contributed by atoms with van der Waals surface area (Å²) in [5.41, 5.74) is 9.31. The highest BCUT2D eigenvalue weighted by molar-refractivity contribution is 5.93. The lowest BCUT2D eigenvalue weighted by molar-refractivity contribution is 0.0597. The van der Waals surface area contributed by atoms with Gasteiger partial charge in [-0.1, -0.05) is 30.8 Å². The van der Waals surface area contributed by atoms with E-state index in [0.29, 0.717) is 24.5 Å². The number of azo groups is 1. The molecule has 9 heteroatoms. The first-order chi connectivity index (χ1) is 15.1. The van der Waals surface area contributed by atoms with E-state index in [1.807, 2.05) is 12.1 Å². The van der Waals surface area contributed by atoms with Gasteiger partial charge in [0.1, 0.15) is 17.1 Å². The average molecular weight is 425 g/mol. The van der Waals surface area contributed by atoms with Crippen LogP contribution >= 0.6 is 0 Å². The Morgan fingerprint density at radius 3 is 2.32 bits per heavy atom. The average Bonchev–Trinajstić information content (AvgIpc) is 2.80. The normalized spacial score (nSPS) is 10.6. The minimum atomic E-state index is -0.638. The molecule has 2 rings (SSSR count). The zero-order chi connectivity index (χ0) is 22.3. The molecule has 1 N–H and O–H groups in total. The molecule has 0 spiro atoms. The smallest absolute Gasteiger partial charge is 0.341 e. The number of carbonyl (C=O) groups excluding carboxylic acids is 1. The van der Waals surface area contributed by atoms with Crippen LogP contribution in [0.5, 0.6) is 11.5 Å². The zero-order valence-electron chi connectivity index (χ0n) is 17.6. The lowest BCUT2D eigenvalue weighted by atomic mass is 10.1. The Kier molecular flexibility index (Phi) is 10.4. The third-order valence-electron chi connectivity index (χ3n) is 4.49. The van der Waals surface area contributed by atoms with E-state index in [0.717, 1.165) is 44.3 Å². The molecule has 0 aliphatic heterocycles. The molecule has 0 radical (unpaired) electrons. The fraction of sp³-hybridized carbons (Fsp3) is 0.409. The fourth-order valence-electron chi connectivity index (χ4n) is 2.81. The van der Waals surface area contributed by atoms with Crippen LogP contribution in [0.4, 0.5) is 11.4 Å². The maximum atomic E-state index is 11.6. The number of methoxy groups -OCH3 is 1. The van der Waals surface area contributed by atoms with Crippen molar-refractivity contribution in [2.24, 2.45) is 15.3 Å². The van der Waals surface area contributed by atoms with Crippen molar-refractivity contribution in [3.63, 3.8) is 0 Å². The molecule has 0 bridgehead atoms. The Morgan fingerprint density at radius 2 is 1.61 bits per heavy atom. The molecule has 0 fully saturated rings. The van der Waals surface area contributed by atoms with E-state index in [1.165, 1.54) is 19.2 Å². The number of esters is 1. The number of ether oxygens (including phenoxy) is 2. The molecule has 0 heterocycles. The van der Waals surface area contributed by atoms with Crippen molar-refractivity contribution < 1.29 is 19.4 Å². The number of carbonyl (C=O) groups is 1. The molecule has 2 aromatic rings. The standard InChI is InChI=1S/C22H27N5O4/c1-30-22(29)20-16-18(10-13-21(20)28)26-25-17-8-11-19(12-9-17)31-15-7-5-3-2-4-6-14-24-27-23/h8-13,16,28H,2-7,14-15H2,1H3/b26-25+. The minimum absolute atomic E-state index is 0.0378. The Hall–Kier alpha value is -3.58. The number of phenols is 1. The lowest BCUT2D eigenvalue weighted by Gasteiger charge is -2.06. The molecule has 0 aromatic heterocycles. The second-order valence-electron chi connectivity index (χ2n) is 6.81. The largest absolute Gasteiger partial charge is 0.507 e. The van der Waals surface area contributed by atoms with Crippen LogP contribution in [-0.4, -0.2) is 31.3 Å². The molecule has 0 amide bonds. The Labute approximate surface area is 181 Å². The summed E-state index contributed by atoms with van der Waals surface area (Å²) in [6.07, 6.45) is 6.42. The summed E-state index contributed by atoms with van der Waals surface area (Å²) in [5, 5.41) is 21.5. The van der Waals surface area contributed by atoms with Gasteiger partial charge < -0.3 is 14.6 Å². The fourth-order valence-corrected chi connectivity index (χ4v) is 2.81. The second kappa shape index (κ2) is 13.6. The molecule has 0 aliphatic carbocycles. The Balaban J connectivity index is 1.72. The molecule has 9 nitrogen and oxygen atoms in total. The van der Waals surface area contributed by atoms with Crippen LogP contribution in [0, 0.1) is 0 Å². The number of azide groups is 1. The van der Waals surface area contributed by atoms with Crippen molar-refractivity contribution in [1.29, 1.82) is 0 Å². The van der Waals surface area contributed by atoms with Gasteiger partial charge in [0, 0.05) is 11.5 Å². The van der Waals surface area contributed by atoms with Crippen LogP contribution in [0.3, 0.4) is 0 Å². The third kappa shape index (κ3) is 8.76. The van der Waals surface area contributed by atoms with Gasteiger partial charge in [0.05, 0.1) is 25.1 Å². The Morgan fingerprint density at radius 1 is 0.968 bits per heavy atom. The molecule has 0 atom stereocenters. The van der Waals surface area contributed by atoms with Crippen LogP contribution in [-0.2, 0) is 4.74 Å². The topological polar surface area (TPSA) is 129 Å². The molecule has 0 saturated heterocycles. The predicted octanol–water partition coefficient (Wildman–Crippen LogP) is 6.62. The number of unbranched alkanes of at least 4 members (excludes halogenated alkanes) is 5. The number of rotatable bonds is 13. The van der Waals surface area contributed by atoms with Gasteiger partial charge in [0.25, 0.3) is 0 Å². The number of phenolic OH excluding ortho intramolecular Hbond substituents is 1. The Bertz CT molecular complexity index is 909. The summed E-state index contributed by atoms with van der Waals surface area (Å²) in [4.78, 5) is 14.4. The van der Waals surface area contributed by atoms with Crippen molar-refractivity contribution in [2.75, 3.05) is 20.3 Å². The molecule has 2 aromatic carbocycles. The second-order valence-corrected chi connectivity index (χ2v) is 6.81. The number of hydrogen-bond donors (Lipinski definition) is 1. The van der Waals surface area contributed by atoms with Gasteiger partial charge in [0.2, 0.25) is 0 Å². The number of benzene rings is 2. The van der Waals surface area contributed by atoms with E-state index >= 15 is 0 Å². The van der Waals surface area contributed by atoms with Gasteiger partial charge in [-0.05, 0) is 60.8 Å². The van der Waals surface area contributed by atoms with Gasteiger partial charge in [0.15, 0.2) is 0 Å². The van der Waals surface area contributed by atoms with Crippen molar-refractivity contribution in [3.8, 4) is 11.5 Å². The van der Waals surface area contributed by atoms with Crippen LogP contribution in [0.1, 0.15) is 48.9 Å². The van der Waals surface area contributed by atoms with Crippen LogP contribution < -0.4 is 4.74 Å². The first kappa shape index (κ1) is 23.7. The number of aromatic hydroxyl groups is 1. The number of hydrogen-bond acceptors (Lipinski definition) is 7. The first-order valence-electron chi connectivity index (χ1n) is 10.2. The van der Waals surface area contributed by atoms with Crippen molar-refractivity contribution in [2.45, 2.75) is 38.5 Å². The summed E-state index contributed by atoms with van der Waals surface area (Å²) in [7, 11) is 1.25. The molecule has 164 valence electrons. The SMILES string of the molecule is COC(=O)c1cc(/N=N/c2ccc(OCCCCCCCCN=[N+]=[N-])cc2)ccc1O. The van der Waals surface area contributed by atoms with E-state index in [4.69, 9.17) is 10.3 Å². The van der Waals surface area contributed by atoms with Gasteiger partial charge in [-0.2, -0.15) is 10.2 Å². The lowest BCUT2D eigenvalue weighted by Crippen LogP contribution is -2.00. The van der Waals surface area contributed by atoms with E-state index in [9.17, 15) is 9.90 Å². The minimum Gasteiger partial charge on any atom is -0.507 e. The maximum Gasteiger partial charge on any atom is 0.341 e.